The number of pyridine rings is 1. The van der Waals surface area contributed by atoms with Crippen molar-refractivity contribution < 1.29 is 9.72 Å². The third kappa shape index (κ3) is 3.01. The Hall–Kier alpha value is -3.98. The molecule has 4 heterocycles. The largest absolute Gasteiger partial charge is 0.383 e. The van der Waals surface area contributed by atoms with Gasteiger partial charge in [0, 0.05) is 13.2 Å². The number of aromatic amines is 1. The van der Waals surface area contributed by atoms with Gasteiger partial charge in [0.1, 0.15) is 17.2 Å². The zero-order chi connectivity index (χ0) is 20.5. The molecule has 0 radical (unpaired) electrons. The maximum Gasteiger partial charge on any atom is 0.265 e. The molecule has 0 amide bonds. The van der Waals surface area contributed by atoms with Crippen molar-refractivity contribution in [2.24, 2.45) is 5.10 Å². The van der Waals surface area contributed by atoms with Gasteiger partial charge in [-0.25, -0.2) is 19.9 Å². The highest BCUT2D eigenvalue weighted by Crippen LogP contribution is 2.24. The normalized spacial score (nSPS) is 11.9. The van der Waals surface area contributed by atoms with Crippen molar-refractivity contribution in [3.05, 3.63) is 71.0 Å². The Bertz CT molecular complexity index is 1460. The van der Waals surface area contributed by atoms with Crippen LogP contribution in [0.2, 0.25) is 0 Å². The molecule has 9 nitrogen and oxygen atoms in total. The first-order valence-electron chi connectivity index (χ1n) is 9.42. The average Bonchev–Trinajstić information content (AvgIpc) is 3.09. The van der Waals surface area contributed by atoms with Crippen LogP contribution < -0.4 is 10.5 Å². The summed E-state index contributed by atoms with van der Waals surface area (Å²) in [5.41, 5.74) is 3.46. The Morgan fingerprint density at radius 1 is 1.13 bits per heavy atom. The molecule has 5 aromatic rings. The lowest BCUT2D eigenvalue weighted by atomic mass is 10.3. The summed E-state index contributed by atoms with van der Waals surface area (Å²) < 4.78 is 8.19. The van der Waals surface area contributed by atoms with E-state index in [0.29, 0.717) is 40.9 Å². The van der Waals surface area contributed by atoms with Crippen LogP contribution in [0.1, 0.15) is 5.56 Å². The lowest BCUT2D eigenvalue weighted by Crippen LogP contribution is -2.22. The predicted molar refractivity (Wildman–Crippen MR) is 112 cm³/mol. The SMILES string of the molecule is COCCn1cnc2c(c1=O)c1nc3ccccc3nc1n2N=Cc1ccc[nH+]c1. The van der Waals surface area contributed by atoms with Crippen LogP contribution in [0.25, 0.3) is 33.2 Å². The van der Waals surface area contributed by atoms with Gasteiger partial charge in [-0.1, -0.05) is 12.1 Å². The van der Waals surface area contributed by atoms with Gasteiger partial charge < -0.3 is 4.74 Å². The van der Waals surface area contributed by atoms with Gasteiger partial charge >= 0.3 is 0 Å². The summed E-state index contributed by atoms with van der Waals surface area (Å²) >= 11 is 0. The van der Waals surface area contributed by atoms with Crippen molar-refractivity contribution in [3.63, 3.8) is 0 Å². The Kier molecular flexibility index (Phi) is 4.49. The van der Waals surface area contributed by atoms with E-state index in [1.165, 1.54) is 10.9 Å². The number of methoxy groups -OCH3 is 1. The van der Waals surface area contributed by atoms with Gasteiger partial charge in [-0.2, -0.15) is 9.78 Å². The molecule has 0 atom stereocenters. The van der Waals surface area contributed by atoms with E-state index in [9.17, 15) is 4.79 Å². The van der Waals surface area contributed by atoms with Crippen molar-refractivity contribution in [2.45, 2.75) is 6.54 Å². The highest BCUT2D eigenvalue weighted by atomic mass is 16.5. The predicted octanol–water partition coefficient (Wildman–Crippen LogP) is 1.64. The summed E-state index contributed by atoms with van der Waals surface area (Å²) in [6, 6.07) is 11.3. The minimum absolute atomic E-state index is 0.200. The zero-order valence-electron chi connectivity index (χ0n) is 16.2. The number of hydrogen-bond acceptors (Lipinski definition) is 6. The van der Waals surface area contributed by atoms with Crippen molar-refractivity contribution in [3.8, 4) is 0 Å². The molecule has 0 saturated carbocycles. The second-order valence-electron chi connectivity index (χ2n) is 6.71. The number of H-pyrrole nitrogens is 1. The van der Waals surface area contributed by atoms with E-state index in [0.717, 1.165) is 11.1 Å². The molecule has 0 aliphatic rings. The number of hydrogen-bond donors (Lipinski definition) is 0. The molecule has 9 heteroatoms. The number of benzene rings is 1. The highest BCUT2D eigenvalue weighted by molar-refractivity contribution is 6.04. The van der Waals surface area contributed by atoms with Crippen LogP contribution in [0.5, 0.6) is 0 Å². The van der Waals surface area contributed by atoms with Gasteiger partial charge in [0.05, 0.1) is 36.0 Å². The lowest BCUT2D eigenvalue weighted by Gasteiger charge is -2.04. The van der Waals surface area contributed by atoms with Gasteiger partial charge in [-0.15, -0.1) is 0 Å². The van der Waals surface area contributed by atoms with E-state index in [1.807, 2.05) is 48.8 Å². The molecule has 148 valence electrons. The molecular weight excluding hydrogens is 382 g/mol. The fourth-order valence-corrected chi connectivity index (χ4v) is 3.33. The first kappa shape index (κ1) is 18.1. The summed E-state index contributed by atoms with van der Waals surface area (Å²) in [6.07, 6.45) is 6.83. The summed E-state index contributed by atoms with van der Waals surface area (Å²) in [7, 11) is 1.59. The monoisotopic (exact) mass is 400 g/mol. The molecule has 0 fully saturated rings. The Labute approximate surface area is 170 Å². The van der Waals surface area contributed by atoms with E-state index in [-0.39, 0.29) is 5.56 Å². The number of nitrogens with zero attached hydrogens (tertiary/aromatic N) is 6. The van der Waals surface area contributed by atoms with Gasteiger partial charge in [-0.3, -0.25) is 9.36 Å². The molecule has 0 aliphatic carbocycles. The van der Waals surface area contributed by atoms with Crippen LogP contribution in [0.3, 0.4) is 0 Å². The highest BCUT2D eigenvalue weighted by Gasteiger charge is 2.19. The van der Waals surface area contributed by atoms with Crippen LogP contribution in [0.4, 0.5) is 0 Å². The molecule has 1 N–H and O–H groups in total. The van der Waals surface area contributed by atoms with Crippen molar-refractivity contribution in [1.82, 2.24) is 24.2 Å². The number of ether oxygens (including phenoxy) is 1. The van der Waals surface area contributed by atoms with Crippen LogP contribution in [-0.4, -0.2) is 44.1 Å². The van der Waals surface area contributed by atoms with Crippen LogP contribution in [-0.2, 0) is 11.3 Å². The van der Waals surface area contributed by atoms with Crippen molar-refractivity contribution in [1.29, 1.82) is 0 Å². The van der Waals surface area contributed by atoms with E-state index in [1.54, 1.807) is 18.0 Å². The molecule has 0 saturated heterocycles. The van der Waals surface area contributed by atoms with Gasteiger partial charge in [0.15, 0.2) is 23.7 Å². The van der Waals surface area contributed by atoms with E-state index in [2.05, 4.69) is 15.1 Å². The molecular formula is C21H18N7O2+. The van der Waals surface area contributed by atoms with Gasteiger partial charge in [0.2, 0.25) is 0 Å². The quantitative estimate of drug-likeness (QED) is 0.418. The van der Waals surface area contributed by atoms with Crippen LogP contribution in [0.15, 0.2) is 65.0 Å². The third-order valence-corrected chi connectivity index (χ3v) is 4.80. The summed E-state index contributed by atoms with van der Waals surface area (Å²) in [4.78, 5) is 30.2. The van der Waals surface area contributed by atoms with E-state index < -0.39 is 0 Å². The molecule has 0 bridgehead atoms. The molecule has 4 aromatic heterocycles. The minimum Gasteiger partial charge on any atom is -0.383 e. The molecule has 1 aromatic carbocycles. The number of rotatable bonds is 5. The average molecular weight is 400 g/mol. The number of para-hydroxylation sites is 2. The Morgan fingerprint density at radius 2 is 1.97 bits per heavy atom. The Balaban J connectivity index is 1.82. The summed E-state index contributed by atoms with van der Waals surface area (Å²) in [5.74, 6) is 0. The number of fused-ring (bicyclic) bond motifs is 4. The first-order chi connectivity index (χ1) is 14.8. The van der Waals surface area contributed by atoms with E-state index >= 15 is 0 Å². The molecule has 0 unspecified atom stereocenters. The second-order valence-corrected chi connectivity index (χ2v) is 6.71. The smallest absolute Gasteiger partial charge is 0.265 e. The number of aromatic nitrogens is 6. The Morgan fingerprint density at radius 3 is 2.73 bits per heavy atom. The number of nitrogens with one attached hydrogen (secondary N) is 1. The maximum atomic E-state index is 13.2. The third-order valence-electron chi connectivity index (χ3n) is 4.80. The lowest BCUT2D eigenvalue weighted by molar-refractivity contribution is -0.378. The molecule has 5 rings (SSSR count). The van der Waals surface area contributed by atoms with Crippen molar-refractivity contribution in [2.75, 3.05) is 13.7 Å². The zero-order valence-corrected chi connectivity index (χ0v) is 16.2. The standard InChI is InChI=1S/C21H17N7O2/c1-30-10-9-27-13-23-19-17(21(27)29)18-20(26-16-7-3-2-6-15(16)25-18)28(19)24-12-14-5-4-8-22-11-14/h2-8,11-13H,9-10H2,1H3/p+1. The maximum absolute atomic E-state index is 13.2. The van der Waals surface area contributed by atoms with Gasteiger partial charge in [-0.05, 0) is 18.2 Å². The topological polar surface area (TPSA) is 101 Å². The van der Waals surface area contributed by atoms with Crippen LogP contribution >= 0.6 is 0 Å². The summed E-state index contributed by atoms with van der Waals surface area (Å²) in [5, 5.41) is 4.95. The molecule has 30 heavy (non-hydrogen) atoms. The van der Waals surface area contributed by atoms with E-state index in [4.69, 9.17) is 14.7 Å². The minimum atomic E-state index is -0.200. The molecule has 0 aliphatic heterocycles. The second kappa shape index (κ2) is 7.45. The van der Waals surface area contributed by atoms with Crippen LogP contribution in [0, 0.1) is 0 Å². The fraction of sp³-hybridized carbons (Fsp3) is 0.143. The fourth-order valence-electron chi connectivity index (χ4n) is 3.33. The van der Waals surface area contributed by atoms with Crippen molar-refractivity contribution >= 4 is 39.4 Å². The first-order valence-corrected chi connectivity index (χ1v) is 9.42. The molecule has 0 spiro atoms. The summed E-state index contributed by atoms with van der Waals surface area (Å²) in [6.45, 7) is 0.804. The van der Waals surface area contributed by atoms with Gasteiger partial charge in [0.25, 0.3) is 5.56 Å².